The zero-order valence-corrected chi connectivity index (χ0v) is 13.6. The molecule has 1 aliphatic rings. The van der Waals surface area contributed by atoms with Crippen LogP contribution in [0.4, 0.5) is 0 Å². The van der Waals surface area contributed by atoms with E-state index >= 15 is 0 Å². The van der Waals surface area contributed by atoms with Crippen LogP contribution in [-0.4, -0.2) is 34.3 Å². The van der Waals surface area contributed by atoms with Gasteiger partial charge in [-0.2, -0.15) is 4.98 Å². The van der Waals surface area contributed by atoms with Crippen molar-refractivity contribution < 1.29 is 14.4 Å². The van der Waals surface area contributed by atoms with Crippen LogP contribution in [0.25, 0.3) is 0 Å². The molecule has 1 aromatic rings. The lowest BCUT2D eigenvalue weighted by atomic mass is 9.90. The van der Waals surface area contributed by atoms with Crippen molar-refractivity contribution in [2.75, 3.05) is 13.2 Å². The Morgan fingerprint density at radius 2 is 2.14 bits per heavy atom. The first-order valence-corrected chi connectivity index (χ1v) is 8.20. The molecule has 2 N–H and O–H groups in total. The van der Waals surface area contributed by atoms with E-state index in [4.69, 9.17) is 9.63 Å². The fraction of sp³-hybridized carbons (Fsp3) is 0.812. The third-order valence-electron chi connectivity index (χ3n) is 4.32. The first kappa shape index (κ1) is 16.9. The molecular formula is C16H27N3O3. The molecule has 0 aliphatic heterocycles. The Hall–Kier alpha value is -1.43. The largest absolute Gasteiger partial charge is 0.396 e. The maximum atomic E-state index is 11.9. The molecule has 124 valence electrons. The van der Waals surface area contributed by atoms with Crippen molar-refractivity contribution >= 4 is 5.91 Å². The van der Waals surface area contributed by atoms with Crippen molar-refractivity contribution in [3.8, 4) is 0 Å². The topological polar surface area (TPSA) is 88.2 Å². The van der Waals surface area contributed by atoms with Crippen LogP contribution in [0.2, 0.25) is 0 Å². The number of amides is 1. The van der Waals surface area contributed by atoms with Gasteiger partial charge in [0, 0.05) is 31.9 Å². The summed E-state index contributed by atoms with van der Waals surface area (Å²) < 4.78 is 5.24. The summed E-state index contributed by atoms with van der Waals surface area (Å²) in [5.41, 5.74) is -0.0927. The minimum Gasteiger partial charge on any atom is -0.396 e. The second kappa shape index (κ2) is 7.72. The predicted octanol–water partition coefficient (Wildman–Crippen LogP) is 2.18. The number of nitrogens with one attached hydrogen (secondary N) is 1. The molecule has 1 saturated carbocycles. The molecule has 0 spiro atoms. The van der Waals surface area contributed by atoms with Gasteiger partial charge < -0.3 is 14.9 Å². The minimum atomic E-state index is -0.0927. The lowest BCUT2D eigenvalue weighted by Crippen LogP contribution is -2.34. The number of rotatable bonds is 8. The highest BCUT2D eigenvalue weighted by atomic mass is 16.5. The van der Waals surface area contributed by atoms with Gasteiger partial charge in [-0.05, 0) is 24.7 Å². The van der Waals surface area contributed by atoms with Crippen LogP contribution < -0.4 is 5.32 Å². The van der Waals surface area contributed by atoms with Crippen LogP contribution in [0.15, 0.2) is 4.52 Å². The number of hydrogen-bond donors (Lipinski definition) is 2. The van der Waals surface area contributed by atoms with E-state index in [-0.39, 0.29) is 17.9 Å². The van der Waals surface area contributed by atoms with Crippen molar-refractivity contribution in [3.05, 3.63) is 11.7 Å². The molecular weight excluding hydrogens is 282 g/mol. The first-order chi connectivity index (χ1) is 10.5. The fourth-order valence-electron chi connectivity index (χ4n) is 2.76. The molecule has 1 fully saturated rings. The molecule has 22 heavy (non-hydrogen) atoms. The van der Waals surface area contributed by atoms with E-state index in [2.05, 4.69) is 15.5 Å². The van der Waals surface area contributed by atoms with Crippen LogP contribution in [0.3, 0.4) is 0 Å². The van der Waals surface area contributed by atoms with Crippen molar-refractivity contribution in [3.63, 3.8) is 0 Å². The number of carbonyl (C=O) groups excluding carboxylic acids is 1. The summed E-state index contributed by atoms with van der Waals surface area (Å²) in [7, 11) is 0. The average Bonchev–Trinajstić information content (AvgIpc) is 3.13. The van der Waals surface area contributed by atoms with Gasteiger partial charge in [0.2, 0.25) is 11.8 Å². The molecule has 6 nitrogen and oxygen atoms in total. The molecule has 1 heterocycles. The summed E-state index contributed by atoms with van der Waals surface area (Å²) in [4.78, 5) is 16.3. The zero-order valence-electron chi connectivity index (χ0n) is 13.6. The van der Waals surface area contributed by atoms with Gasteiger partial charge in [0.15, 0.2) is 5.82 Å². The monoisotopic (exact) mass is 309 g/mol. The van der Waals surface area contributed by atoms with Crippen molar-refractivity contribution in [1.29, 1.82) is 0 Å². The molecule has 1 aliphatic carbocycles. The Morgan fingerprint density at radius 3 is 2.82 bits per heavy atom. The molecule has 0 unspecified atom stereocenters. The number of carbonyl (C=O) groups is 1. The Labute approximate surface area is 131 Å². The SMILES string of the molecule is CC(C)(CCO)CNC(=O)CCc1nc(C2CCCC2)no1. The molecule has 1 amide bonds. The van der Waals surface area contributed by atoms with Gasteiger partial charge in [-0.15, -0.1) is 0 Å². The molecule has 2 rings (SSSR count). The smallest absolute Gasteiger partial charge is 0.227 e. The van der Waals surface area contributed by atoms with E-state index in [0.29, 0.717) is 37.6 Å². The predicted molar refractivity (Wildman–Crippen MR) is 82.3 cm³/mol. The zero-order chi connectivity index (χ0) is 16.0. The highest BCUT2D eigenvalue weighted by Gasteiger charge is 2.22. The highest BCUT2D eigenvalue weighted by molar-refractivity contribution is 5.76. The Balaban J connectivity index is 1.72. The van der Waals surface area contributed by atoms with Crippen LogP contribution >= 0.6 is 0 Å². The van der Waals surface area contributed by atoms with E-state index in [9.17, 15) is 4.79 Å². The number of aromatic nitrogens is 2. The Kier molecular flexibility index (Phi) is 5.94. The fourth-order valence-corrected chi connectivity index (χ4v) is 2.76. The van der Waals surface area contributed by atoms with Gasteiger partial charge >= 0.3 is 0 Å². The van der Waals surface area contributed by atoms with Crippen LogP contribution in [0.5, 0.6) is 0 Å². The maximum Gasteiger partial charge on any atom is 0.227 e. The summed E-state index contributed by atoms with van der Waals surface area (Å²) in [6.45, 7) is 4.74. The molecule has 0 bridgehead atoms. The van der Waals surface area contributed by atoms with Gasteiger partial charge in [-0.1, -0.05) is 31.8 Å². The third-order valence-corrected chi connectivity index (χ3v) is 4.32. The number of aryl methyl sites for hydroxylation is 1. The van der Waals surface area contributed by atoms with Gasteiger partial charge in [-0.3, -0.25) is 4.79 Å². The summed E-state index contributed by atoms with van der Waals surface area (Å²) in [5, 5.41) is 15.9. The van der Waals surface area contributed by atoms with Crippen LogP contribution in [0.1, 0.15) is 70.0 Å². The standard InChI is InChI=1S/C16H27N3O3/c1-16(2,9-10-20)11-17-13(21)7-8-14-18-15(19-22-14)12-5-3-4-6-12/h12,20H,3-11H2,1-2H3,(H,17,21). The average molecular weight is 309 g/mol. The third kappa shape index (κ3) is 5.09. The quantitative estimate of drug-likeness (QED) is 0.768. The summed E-state index contributed by atoms with van der Waals surface area (Å²) in [6.07, 6.45) is 6.25. The minimum absolute atomic E-state index is 0.0216. The van der Waals surface area contributed by atoms with Crippen molar-refractivity contribution in [1.82, 2.24) is 15.5 Å². The maximum absolute atomic E-state index is 11.9. The number of aliphatic hydroxyl groups is 1. The van der Waals surface area contributed by atoms with Gasteiger partial charge in [-0.25, -0.2) is 0 Å². The first-order valence-electron chi connectivity index (χ1n) is 8.20. The molecule has 0 saturated heterocycles. The summed E-state index contributed by atoms with van der Waals surface area (Å²) in [5.74, 6) is 1.76. The summed E-state index contributed by atoms with van der Waals surface area (Å²) in [6, 6.07) is 0. The molecule has 0 aromatic carbocycles. The van der Waals surface area contributed by atoms with Crippen LogP contribution in [0, 0.1) is 5.41 Å². The van der Waals surface area contributed by atoms with Crippen LogP contribution in [-0.2, 0) is 11.2 Å². The second-order valence-corrected chi connectivity index (χ2v) is 6.94. The van der Waals surface area contributed by atoms with E-state index < -0.39 is 0 Å². The molecule has 1 aromatic heterocycles. The Bertz CT molecular complexity index is 479. The van der Waals surface area contributed by atoms with E-state index in [1.807, 2.05) is 13.8 Å². The van der Waals surface area contributed by atoms with Gasteiger partial charge in [0.05, 0.1) is 0 Å². The van der Waals surface area contributed by atoms with Gasteiger partial charge in [0.25, 0.3) is 0 Å². The van der Waals surface area contributed by atoms with Gasteiger partial charge in [0.1, 0.15) is 0 Å². The number of nitrogens with zero attached hydrogens (tertiary/aromatic N) is 2. The van der Waals surface area contributed by atoms with Crippen molar-refractivity contribution in [2.24, 2.45) is 5.41 Å². The molecule has 0 radical (unpaired) electrons. The number of aliphatic hydroxyl groups excluding tert-OH is 1. The highest BCUT2D eigenvalue weighted by Crippen LogP contribution is 2.32. The van der Waals surface area contributed by atoms with E-state index in [1.165, 1.54) is 12.8 Å². The van der Waals surface area contributed by atoms with E-state index in [1.54, 1.807) is 0 Å². The normalized spacial score (nSPS) is 16.1. The summed E-state index contributed by atoms with van der Waals surface area (Å²) >= 11 is 0. The Morgan fingerprint density at radius 1 is 1.41 bits per heavy atom. The second-order valence-electron chi connectivity index (χ2n) is 6.94. The molecule has 0 atom stereocenters. The van der Waals surface area contributed by atoms with Crippen molar-refractivity contribution in [2.45, 2.75) is 64.7 Å². The lowest BCUT2D eigenvalue weighted by molar-refractivity contribution is -0.121. The lowest BCUT2D eigenvalue weighted by Gasteiger charge is -2.23. The molecule has 6 heteroatoms. The van der Waals surface area contributed by atoms with E-state index in [0.717, 1.165) is 18.7 Å². The number of hydrogen-bond acceptors (Lipinski definition) is 5.